The van der Waals surface area contributed by atoms with E-state index < -0.39 is 0 Å². The van der Waals surface area contributed by atoms with Crippen LogP contribution in [0.4, 0.5) is 5.82 Å². The van der Waals surface area contributed by atoms with Gasteiger partial charge in [-0.3, -0.25) is 9.36 Å². The Kier molecular flexibility index (Phi) is 5.13. The van der Waals surface area contributed by atoms with Gasteiger partial charge >= 0.3 is 0 Å². The predicted octanol–water partition coefficient (Wildman–Crippen LogP) is 2.48. The number of furan rings is 1. The van der Waals surface area contributed by atoms with Crippen molar-refractivity contribution in [1.29, 1.82) is 0 Å². The summed E-state index contributed by atoms with van der Waals surface area (Å²) in [6.07, 6.45) is 3.57. The molecule has 130 valence electrons. The first-order chi connectivity index (χ1) is 12.0. The number of carbonyl (C=O) groups excluding carboxylic acids is 1. The summed E-state index contributed by atoms with van der Waals surface area (Å²) >= 11 is 3.17. The van der Waals surface area contributed by atoms with Gasteiger partial charge in [-0.1, -0.05) is 0 Å². The summed E-state index contributed by atoms with van der Waals surface area (Å²) in [5, 5.41) is 5.95. The molecule has 3 heterocycles. The Morgan fingerprint density at radius 1 is 1.28 bits per heavy atom. The molecule has 0 fully saturated rings. The van der Waals surface area contributed by atoms with Crippen molar-refractivity contribution in [1.82, 2.24) is 24.8 Å². The number of amides is 1. The summed E-state index contributed by atoms with van der Waals surface area (Å²) < 4.78 is 7.61. The fourth-order valence-corrected chi connectivity index (χ4v) is 2.58. The van der Waals surface area contributed by atoms with E-state index >= 15 is 0 Å². The monoisotopic (exact) mass is 404 g/mol. The number of rotatable bonds is 6. The number of aryl methyl sites for hydroxylation is 2. The molecule has 25 heavy (non-hydrogen) atoms. The van der Waals surface area contributed by atoms with E-state index in [1.807, 2.05) is 30.7 Å². The zero-order valence-corrected chi connectivity index (χ0v) is 15.4. The van der Waals surface area contributed by atoms with Gasteiger partial charge in [0.2, 0.25) is 0 Å². The average Bonchev–Trinajstić information content (AvgIpc) is 3.19. The van der Waals surface area contributed by atoms with Crippen LogP contribution >= 0.6 is 15.9 Å². The minimum Gasteiger partial charge on any atom is -0.444 e. The second-order valence-electron chi connectivity index (χ2n) is 5.29. The summed E-state index contributed by atoms with van der Waals surface area (Å²) in [5.74, 6) is 2.93. The van der Waals surface area contributed by atoms with Gasteiger partial charge in [0.15, 0.2) is 10.4 Å². The third-order valence-electron chi connectivity index (χ3n) is 3.41. The van der Waals surface area contributed by atoms with Crippen molar-refractivity contribution in [2.24, 2.45) is 0 Å². The quantitative estimate of drug-likeness (QED) is 0.612. The van der Waals surface area contributed by atoms with E-state index in [-0.39, 0.29) is 11.7 Å². The van der Waals surface area contributed by atoms with Gasteiger partial charge in [0.05, 0.1) is 0 Å². The molecule has 3 aromatic rings. The molecule has 9 heteroatoms. The molecule has 0 spiro atoms. The van der Waals surface area contributed by atoms with Crippen LogP contribution in [-0.2, 0) is 0 Å². The Morgan fingerprint density at radius 3 is 2.80 bits per heavy atom. The fraction of sp³-hybridized carbons (Fsp3) is 0.250. The summed E-state index contributed by atoms with van der Waals surface area (Å²) in [5.41, 5.74) is 0. The summed E-state index contributed by atoms with van der Waals surface area (Å²) in [7, 11) is 0. The lowest BCUT2D eigenvalue weighted by atomic mass is 10.4. The van der Waals surface area contributed by atoms with Gasteiger partial charge in [-0.2, -0.15) is 0 Å². The Hall–Kier alpha value is -2.68. The van der Waals surface area contributed by atoms with E-state index in [0.29, 0.717) is 29.4 Å². The number of carbonyl (C=O) groups is 1. The number of halogens is 1. The van der Waals surface area contributed by atoms with E-state index in [1.165, 1.54) is 0 Å². The average molecular weight is 405 g/mol. The highest BCUT2D eigenvalue weighted by molar-refractivity contribution is 9.10. The Balaban J connectivity index is 1.57. The van der Waals surface area contributed by atoms with E-state index in [9.17, 15) is 4.79 Å². The number of nitrogens with one attached hydrogen (secondary N) is 2. The molecule has 0 saturated carbocycles. The Morgan fingerprint density at radius 2 is 2.12 bits per heavy atom. The van der Waals surface area contributed by atoms with Crippen molar-refractivity contribution >= 4 is 27.7 Å². The zero-order valence-electron chi connectivity index (χ0n) is 13.8. The lowest BCUT2D eigenvalue weighted by Crippen LogP contribution is -2.28. The van der Waals surface area contributed by atoms with Gasteiger partial charge < -0.3 is 15.1 Å². The number of hydrogen-bond acceptors (Lipinski definition) is 6. The van der Waals surface area contributed by atoms with Gasteiger partial charge in [-0.05, 0) is 41.9 Å². The number of anilines is 1. The first-order valence-electron chi connectivity index (χ1n) is 7.66. The van der Waals surface area contributed by atoms with Crippen LogP contribution in [0.3, 0.4) is 0 Å². The number of hydrogen-bond donors (Lipinski definition) is 2. The molecule has 0 aliphatic heterocycles. The lowest BCUT2D eigenvalue weighted by Gasteiger charge is -2.10. The van der Waals surface area contributed by atoms with Crippen LogP contribution in [0.2, 0.25) is 0 Å². The van der Waals surface area contributed by atoms with Crippen molar-refractivity contribution in [3.8, 4) is 5.82 Å². The number of imidazole rings is 1. The molecule has 8 nitrogen and oxygen atoms in total. The standard InChI is InChI=1S/C16H17BrN6O2/c1-10-21-14(9-15(22-10)23-8-7-18-11(23)2)19-5-6-20-16(24)12-3-4-13(17)25-12/h3-4,7-9H,5-6H2,1-2H3,(H,20,24)(H,19,21,22). The first-order valence-corrected chi connectivity index (χ1v) is 8.45. The van der Waals surface area contributed by atoms with E-state index in [2.05, 4.69) is 41.5 Å². The molecule has 0 atom stereocenters. The van der Waals surface area contributed by atoms with Gasteiger partial charge in [0.1, 0.15) is 23.3 Å². The zero-order chi connectivity index (χ0) is 17.8. The van der Waals surface area contributed by atoms with Gasteiger partial charge in [-0.25, -0.2) is 15.0 Å². The van der Waals surface area contributed by atoms with Crippen molar-refractivity contribution in [2.75, 3.05) is 18.4 Å². The molecule has 1 amide bonds. The van der Waals surface area contributed by atoms with Crippen molar-refractivity contribution in [3.05, 3.63) is 52.7 Å². The summed E-state index contributed by atoms with van der Waals surface area (Å²) in [4.78, 5) is 24.9. The Bertz CT molecular complexity index is 888. The van der Waals surface area contributed by atoms with Crippen LogP contribution in [-0.4, -0.2) is 38.5 Å². The van der Waals surface area contributed by atoms with Crippen LogP contribution in [0, 0.1) is 13.8 Å². The second kappa shape index (κ2) is 7.47. The maximum absolute atomic E-state index is 11.9. The molecular weight excluding hydrogens is 388 g/mol. The second-order valence-corrected chi connectivity index (χ2v) is 6.07. The fourth-order valence-electron chi connectivity index (χ4n) is 2.28. The minimum absolute atomic E-state index is 0.263. The van der Waals surface area contributed by atoms with E-state index in [4.69, 9.17) is 4.42 Å². The molecule has 0 aromatic carbocycles. The lowest BCUT2D eigenvalue weighted by molar-refractivity contribution is 0.0926. The maximum atomic E-state index is 11.9. The van der Waals surface area contributed by atoms with Crippen LogP contribution in [0.25, 0.3) is 5.82 Å². The highest BCUT2D eigenvalue weighted by Crippen LogP contribution is 2.14. The van der Waals surface area contributed by atoms with E-state index in [0.717, 1.165) is 11.6 Å². The smallest absolute Gasteiger partial charge is 0.287 e. The molecule has 0 bridgehead atoms. The van der Waals surface area contributed by atoms with Crippen molar-refractivity contribution in [2.45, 2.75) is 13.8 Å². The largest absolute Gasteiger partial charge is 0.444 e. The molecule has 0 saturated heterocycles. The molecule has 2 N–H and O–H groups in total. The Labute approximate surface area is 152 Å². The van der Waals surface area contributed by atoms with E-state index in [1.54, 1.807) is 18.3 Å². The third-order valence-corrected chi connectivity index (χ3v) is 3.84. The molecule has 0 unspecified atom stereocenters. The highest BCUT2D eigenvalue weighted by atomic mass is 79.9. The van der Waals surface area contributed by atoms with Gasteiger partial charge in [0.25, 0.3) is 5.91 Å². The summed E-state index contributed by atoms with van der Waals surface area (Å²) in [6.45, 7) is 4.69. The van der Waals surface area contributed by atoms with Gasteiger partial charge in [-0.15, -0.1) is 0 Å². The van der Waals surface area contributed by atoms with Crippen molar-refractivity contribution in [3.63, 3.8) is 0 Å². The summed E-state index contributed by atoms with van der Waals surface area (Å²) in [6, 6.07) is 5.13. The molecule has 3 aromatic heterocycles. The number of nitrogens with zero attached hydrogens (tertiary/aromatic N) is 4. The molecule has 0 aliphatic rings. The molecule has 0 radical (unpaired) electrons. The van der Waals surface area contributed by atoms with Crippen LogP contribution in [0.5, 0.6) is 0 Å². The predicted molar refractivity (Wildman–Crippen MR) is 95.9 cm³/mol. The van der Waals surface area contributed by atoms with Crippen LogP contribution in [0.1, 0.15) is 22.2 Å². The molecule has 3 rings (SSSR count). The van der Waals surface area contributed by atoms with Crippen molar-refractivity contribution < 1.29 is 9.21 Å². The minimum atomic E-state index is -0.263. The van der Waals surface area contributed by atoms with Gasteiger partial charge in [0, 0.05) is 31.5 Å². The first kappa shape index (κ1) is 17.2. The van der Waals surface area contributed by atoms with Crippen LogP contribution in [0.15, 0.2) is 39.7 Å². The van der Waals surface area contributed by atoms with Crippen LogP contribution < -0.4 is 10.6 Å². The maximum Gasteiger partial charge on any atom is 0.287 e. The highest BCUT2D eigenvalue weighted by Gasteiger charge is 2.10. The third kappa shape index (κ3) is 4.24. The number of aromatic nitrogens is 4. The normalized spacial score (nSPS) is 10.7. The molecular formula is C16H17BrN6O2. The molecule has 0 aliphatic carbocycles. The SMILES string of the molecule is Cc1nc(NCCNC(=O)c2ccc(Br)o2)cc(-n2ccnc2C)n1. The topological polar surface area (TPSA) is 97.9 Å².